The van der Waals surface area contributed by atoms with Crippen molar-refractivity contribution in [2.75, 3.05) is 0 Å². The van der Waals surface area contributed by atoms with E-state index in [0.717, 1.165) is 12.1 Å². The molecule has 0 saturated heterocycles. The molecule has 0 N–H and O–H groups in total. The number of rotatable bonds is 3. The molecule has 0 fully saturated rings. The molecule has 3 nitrogen and oxygen atoms in total. The lowest BCUT2D eigenvalue weighted by atomic mass is 9.99. The molecule has 25 heavy (non-hydrogen) atoms. The first-order valence-electron chi connectivity index (χ1n) is 7.51. The molecule has 0 unspecified atom stereocenters. The van der Waals surface area contributed by atoms with Crippen LogP contribution in [0.15, 0.2) is 42.5 Å². The number of hydrogen-bond donors (Lipinski definition) is 0. The number of halogens is 3. The highest BCUT2D eigenvalue weighted by Crippen LogP contribution is 2.33. The fraction of sp³-hybridized carbons (Fsp3) is 0.263. The van der Waals surface area contributed by atoms with E-state index < -0.39 is 23.3 Å². The van der Waals surface area contributed by atoms with Gasteiger partial charge in [-0.15, -0.1) is 0 Å². The number of aldehydes is 1. The van der Waals surface area contributed by atoms with Crippen LogP contribution in [0.1, 0.15) is 47.1 Å². The highest BCUT2D eigenvalue weighted by Gasteiger charge is 2.31. The molecule has 0 atom stereocenters. The van der Waals surface area contributed by atoms with Crippen LogP contribution >= 0.6 is 0 Å². The molecule has 0 aliphatic carbocycles. The Morgan fingerprint density at radius 3 is 2.04 bits per heavy atom. The number of hydrogen-bond acceptors (Lipinski definition) is 3. The third-order valence-corrected chi connectivity index (χ3v) is 3.27. The molecule has 0 aliphatic rings. The second kappa shape index (κ2) is 6.70. The van der Waals surface area contributed by atoms with E-state index in [0.29, 0.717) is 17.4 Å². The topological polar surface area (TPSA) is 43.4 Å². The van der Waals surface area contributed by atoms with Crippen LogP contribution in [0.25, 0.3) is 11.1 Å². The lowest BCUT2D eigenvalue weighted by Crippen LogP contribution is -2.23. The minimum Gasteiger partial charge on any atom is -0.456 e. The van der Waals surface area contributed by atoms with Gasteiger partial charge < -0.3 is 4.74 Å². The van der Waals surface area contributed by atoms with Gasteiger partial charge in [0.1, 0.15) is 11.9 Å². The van der Waals surface area contributed by atoms with Crippen molar-refractivity contribution < 1.29 is 27.5 Å². The number of ether oxygens (including phenoxy) is 1. The van der Waals surface area contributed by atoms with Crippen molar-refractivity contribution in [3.63, 3.8) is 0 Å². The van der Waals surface area contributed by atoms with Crippen molar-refractivity contribution in [2.24, 2.45) is 0 Å². The second-order valence-electron chi connectivity index (χ2n) is 6.54. The molecule has 0 saturated carbocycles. The Morgan fingerprint density at radius 2 is 1.56 bits per heavy atom. The van der Waals surface area contributed by atoms with E-state index in [2.05, 4.69) is 0 Å². The van der Waals surface area contributed by atoms with Crippen molar-refractivity contribution in [3.05, 3.63) is 59.2 Å². The van der Waals surface area contributed by atoms with Crippen LogP contribution in [0, 0.1) is 0 Å². The normalized spacial score (nSPS) is 11.9. The fourth-order valence-corrected chi connectivity index (χ4v) is 2.19. The van der Waals surface area contributed by atoms with E-state index in [1.54, 1.807) is 20.8 Å². The van der Waals surface area contributed by atoms with Crippen molar-refractivity contribution >= 4 is 12.3 Å². The van der Waals surface area contributed by atoms with Gasteiger partial charge in [-0.2, -0.15) is 13.2 Å². The number of alkyl halides is 3. The summed E-state index contributed by atoms with van der Waals surface area (Å²) in [6, 6.07) is 9.12. The lowest BCUT2D eigenvalue weighted by Gasteiger charge is -2.19. The van der Waals surface area contributed by atoms with Gasteiger partial charge in [0.25, 0.3) is 0 Å². The molecule has 2 aromatic rings. The maximum atomic E-state index is 13.0. The smallest absolute Gasteiger partial charge is 0.416 e. The van der Waals surface area contributed by atoms with Crippen LogP contribution in [-0.2, 0) is 10.9 Å². The molecule has 0 aliphatic heterocycles. The zero-order valence-electron chi connectivity index (χ0n) is 14.0. The van der Waals surface area contributed by atoms with Gasteiger partial charge in [0.15, 0.2) is 0 Å². The zero-order chi connectivity index (χ0) is 18.8. The Morgan fingerprint density at radius 1 is 0.960 bits per heavy atom. The average Bonchev–Trinajstić information content (AvgIpc) is 2.52. The van der Waals surface area contributed by atoms with Crippen LogP contribution in [0.5, 0.6) is 0 Å². The van der Waals surface area contributed by atoms with Crippen LogP contribution in [0.2, 0.25) is 0 Å². The first kappa shape index (κ1) is 18.7. The Bertz CT molecular complexity index is 785. The number of carbonyl (C=O) groups is 2. The van der Waals surface area contributed by atoms with Crippen molar-refractivity contribution in [1.29, 1.82) is 0 Å². The van der Waals surface area contributed by atoms with Gasteiger partial charge in [0.05, 0.1) is 11.1 Å². The average molecular weight is 350 g/mol. The Hall–Kier alpha value is -2.63. The summed E-state index contributed by atoms with van der Waals surface area (Å²) in [4.78, 5) is 22.9. The first-order chi connectivity index (χ1) is 11.5. The van der Waals surface area contributed by atoms with Gasteiger partial charge >= 0.3 is 12.1 Å². The molecule has 0 aromatic heterocycles. The molecular weight excluding hydrogens is 333 g/mol. The third kappa shape index (κ3) is 4.92. The molecule has 0 spiro atoms. The monoisotopic (exact) mass is 350 g/mol. The summed E-state index contributed by atoms with van der Waals surface area (Å²) in [5, 5.41) is 0. The molecule has 6 heteroatoms. The van der Waals surface area contributed by atoms with E-state index in [-0.39, 0.29) is 11.1 Å². The Balaban J connectivity index is 2.37. The zero-order valence-corrected chi connectivity index (χ0v) is 14.0. The molecule has 0 radical (unpaired) electrons. The predicted molar refractivity (Wildman–Crippen MR) is 87.4 cm³/mol. The molecule has 0 amide bonds. The van der Waals surface area contributed by atoms with E-state index in [1.807, 2.05) is 0 Å². The molecule has 2 aromatic carbocycles. The van der Waals surface area contributed by atoms with E-state index in [9.17, 15) is 22.8 Å². The summed E-state index contributed by atoms with van der Waals surface area (Å²) in [6.45, 7) is 5.22. The lowest BCUT2D eigenvalue weighted by molar-refractivity contribution is -0.137. The standard InChI is InChI=1S/C19H17F3O3/c1-18(2,3)25-17(24)14-6-4-13(5-7-14)15-8-12(11-23)9-16(10-15)19(20,21)22/h4-11H,1-3H3. The largest absolute Gasteiger partial charge is 0.456 e. The van der Waals surface area contributed by atoms with Crippen molar-refractivity contribution in [3.8, 4) is 11.1 Å². The molecule has 2 rings (SSSR count). The quantitative estimate of drug-likeness (QED) is 0.569. The number of esters is 1. The fourth-order valence-electron chi connectivity index (χ4n) is 2.19. The van der Waals surface area contributed by atoms with E-state index in [1.165, 1.54) is 30.3 Å². The van der Waals surface area contributed by atoms with Crippen LogP contribution in [-0.4, -0.2) is 17.9 Å². The van der Waals surface area contributed by atoms with Crippen LogP contribution in [0.3, 0.4) is 0 Å². The molecular formula is C19H17F3O3. The summed E-state index contributed by atoms with van der Waals surface area (Å²) in [5.74, 6) is -0.517. The number of carbonyl (C=O) groups excluding carboxylic acids is 2. The van der Waals surface area contributed by atoms with Crippen LogP contribution < -0.4 is 0 Å². The first-order valence-corrected chi connectivity index (χ1v) is 7.51. The maximum Gasteiger partial charge on any atom is 0.416 e. The predicted octanol–water partition coefficient (Wildman–Crippen LogP) is 5.14. The van der Waals surface area contributed by atoms with Gasteiger partial charge in [-0.25, -0.2) is 4.79 Å². The summed E-state index contributed by atoms with van der Waals surface area (Å²) < 4.78 is 44.1. The summed E-state index contributed by atoms with van der Waals surface area (Å²) in [5.41, 5.74) is -0.616. The van der Waals surface area contributed by atoms with Gasteiger partial charge in [-0.05, 0) is 62.2 Å². The van der Waals surface area contributed by atoms with Crippen molar-refractivity contribution in [2.45, 2.75) is 32.5 Å². The Kier molecular flexibility index (Phi) is 5.02. The van der Waals surface area contributed by atoms with Gasteiger partial charge in [0, 0.05) is 5.56 Å². The second-order valence-corrected chi connectivity index (χ2v) is 6.54. The summed E-state index contributed by atoms with van der Waals surface area (Å²) >= 11 is 0. The summed E-state index contributed by atoms with van der Waals surface area (Å²) in [7, 11) is 0. The van der Waals surface area contributed by atoms with Crippen LogP contribution in [0.4, 0.5) is 13.2 Å². The highest BCUT2D eigenvalue weighted by molar-refractivity contribution is 5.90. The highest BCUT2D eigenvalue weighted by atomic mass is 19.4. The third-order valence-electron chi connectivity index (χ3n) is 3.27. The molecule has 0 heterocycles. The Labute approximate surface area is 143 Å². The SMILES string of the molecule is CC(C)(C)OC(=O)c1ccc(-c2cc(C=O)cc(C(F)(F)F)c2)cc1. The minimum absolute atomic E-state index is 0.0685. The molecule has 132 valence electrons. The summed E-state index contributed by atoms with van der Waals surface area (Å²) in [6.07, 6.45) is -4.18. The van der Waals surface area contributed by atoms with E-state index in [4.69, 9.17) is 4.74 Å². The van der Waals surface area contributed by atoms with Gasteiger partial charge in [-0.1, -0.05) is 12.1 Å². The number of benzene rings is 2. The maximum absolute atomic E-state index is 13.0. The van der Waals surface area contributed by atoms with Gasteiger partial charge in [-0.3, -0.25) is 4.79 Å². The minimum atomic E-state index is -4.55. The van der Waals surface area contributed by atoms with Gasteiger partial charge in [0.2, 0.25) is 0 Å². The molecule has 0 bridgehead atoms. The van der Waals surface area contributed by atoms with Crippen molar-refractivity contribution in [1.82, 2.24) is 0 Å². The van der Waals surface area contributed by atoms with E-state index >= 15 is 0 Å².